The van der Waals surface area contributed by atoms with Gasteiger partial charge in [0.15, 0.2) is 0 Å². The van der Waals surface area contributed by atoms with Crippen LogP contribution in [0.3, 0.4) is 0 Å². The van der Waals surface area contributed by atoms with E-state index in [-0.39, 0.29) is 6.04 Å². The van der Waals surface area contributed by atoms with Crippen molar-refractivity contribution in [1.82, 2.24) is 15.3 Å². The average Bonchev–Trinajstić information content (AvgIpc) is 2.36. The lowest BCUT2D eigenvalue weighted by molar-refractivity contribution is 0.612. The van der Waals surface area contributed by atoms with E-state index in [1.54, 1.807) is 18.6 Å². The number of hydrogen-bond donors (Lipinski definition) is 1. The number of aromatic nitrogens is 2. The van der Waals surface area contributed by atoms with Gasteiger partial charge in [0.2, 0.25) is 0 Å². The molecule has 1 unspecified atom stereocenters. The zero-order chi connectivity index (χ0) is 13.0. The van der Waals surface area contributed by atoms with Gasteiger partial charge in [-0.05, 0) is 30.3 Å². The van der Waals surface area contributed by atoms with Gasteiger partial charge in [0.1, 0.15) is 0 Å². The lowest BCUT2D eigenvalue weighted by Gasteiger charge is -2.18. The largest absolute Gasteiger partial charge is 0.305 e. The van der Waals surface area contributed by atoms with Crippen molar-refractivity contribution in [1.29, 1.82) is 0 Å². The maximum Gasteiger partial charge on any atom is 0.0801 e. The maximum absolute atomic E-state index is 6.09. The van der Waals surface area contributed by atoms with Crippen molar-refractivity contribution >= 4 is 27.5 Å². The van der Waals surface area contributed by atoms with Gasteiger partial charge in [-0.15, -0.1) is 0 Å². The topological polar surface area (TPSA) is 37.8 Å². The summed E-state index contributed by atoms with van der Waals surface area (Å²) < 4.78 is 0.955. The highest BCUT2D eigenvalue weighted by Crippen LogP contribution is 2.26. The van der Waals surface area contributed by atoms with Crippen molar-refractivity contribution in [2.45, 2.75) is 13.0 Å². The van der Waals surface area contributed by atoms with E-state index in [4.69, 9.17) is 11.6 Å². The first-order chi connectivity index (χ1) is 8.70. The molecule has 1 heterocycles. The van der Waals surface area contributed by atoms with Crippen molar-refractivity contribution in [3.05, 3.63) is 57.5 Å². The van der Waals surface area contributed by atoms with Crippen molar-refractivity contribution in [3.63, 3.8) is 0 Å². The first-order valence-corrected chi connectivity index (χ1v) is 6.83. The van der Waals surface area contributed by atoms with Gasteiger partial charge in [-0.1, -0.05) is 34.5 Å². The molecule has 0 aliphatic rings. The molecule has 0 spiro atoms. The molecule has 3 nitrogen and oxygen atoms in total. The number of nitrogens with one attached hydrogen (secondary N) is 1. The second kappa shape index (κ2) is 6.27. The molecule has 1 atom stereocenters. The third kappa shape index (κ3) is 3.28. The third-order valence-corrected chi connectivity index (χ3v) is 3.18. The Morgan fingerprint density at radius 2 is 2.17 bits per heavy atom. The van der Waals surface area contributed by atoms with Crippen LogP contribution in [0.5, 0.6) is 0 Å². The van der Waals surface area contributed by atoms with Crippen LogP contribution >= 0.6 is 27.5 Å². The summed E-state index contributed by atoms with van der Waals surface area (Å²) in [4.78, 5) is 8.46. The molecule has 0 radical (unpaired) electrons. The fraction of sp³-hybridized carbons (Fsp3) is 0.231. The fourth-order valence-electron chi connectivity index (χ4n) is 1.80. The zero-order valence-electron chi connectivity index (χ0n) is 9.90. The molecule has 0 aliphatic heterocycles. The number of hydrogen-bond acceptors (Lipinski definition) is 3. The molecule has 1 aromatic heterocycles. The van der Waals surface area contributed by atoms with E-state index >= 15 is 0 Å². The van der Waals surface area contributed by atoms with E-state index in [2.05, 4.69) is 38.1 Å². The molecule has 0 saturated heterocycles. The monoisotopic (exact) mass is 325 g/mol. The predicted molar refractivity (Wildman–Crippen MR) is 76.7 cm³/mol. The van der Waals surface area contributed by atoms with Crippen LogP contribution in [0.25, 0.3) is 0 Å². The number of benzene rings is 1. The minimum absolute atomic E-state index is 0.00120. The minimum Gasteiger partial charge on any atom is -0.305 e. The lowest BCUT2D eigenvalue weighted by atomic mass is 10.0. The van der Waals surface area contributed by atoms with Gasteiger partial charge in [-0.3, -0.25) is 9.97 Å². The summed E-state index contributed by atoms with van der Waals surface area (Å²) in [6.45, 7) is 2.90. The Hall–Kier alpha value is -0.970. The van der Waals surface area contributed by atoms with Crippen molar-refractivity contribution in [2.24, 2.45) is 0 Å². The summed E-state index contributed by atoms with van der Waals surface area (Å²) in [6.07, 6.45) is 5.13. The second-order valence-electron chi connectivity index (χ2n) is 3.82. The van der Waals surface area contributed by atoms with E-state index in [1.807, 2.05) is 18.2 Å². The van der Waals surface area contributed by atoms with Crippen LogP contribution < -0.4 is 5.32 Å². The van der Waals surface area contributed by atoms with Crippen LogP contribution in [0.4, 0.5) is 0 Å². The van der Waals surface area contributed by atoms with E-state index in [9.17, 15) is 0 Å². The standard InChI is InChI=1S/C13H13BrClN3/c1-2-17-13(12-8-16-3-4-18-12)9-5-10(14)7-11(15)6-9/h3-8,13,17H,2H2,1H3. The Labute approximate surface area is 120 Å². The Kier molecular flexibility index (Phi) is 4.69. The van der Waals surface area contributed by atoms with Gasteiger partial charge in [-0.2, -0.15) is 0 Å². The molecular weight excluding hydrogens is 314 g/mol. The molecule has 0 bridgehead atoms. The smallest absolute Gasteiger partial charge is 0.0801 e. The first kappa shape index (κ1) is 13.5. The summed E-state index contributed by atoms with van der Waals surface area (Å²) in [5, 5.41) is 4.09. The molecule has 0 fully saturated rings. The molecular formula is C13H13BrClN3. The Morgan fingerprint density at radius 1 is 1.33 bits per heavy atom. The van der Waals surface area contributed by atoms with E-state index in [1.165, 1.54) is 0 Å². The highest BCUT2D eigenvalue weighted by molar-refractivity contribution is 9.10. The molecule has 2 aromatic rings. The van der Waals surface area contributed by atoms with E-state index in [0.717, 1.165) is 22.3 Å². The van der Waals surface area contributed by atoms with Gasteiger partial charge in [0, 0.05) is 21.9 Å². The molecule has 5 heteroatoms. The number of rotatable bonds is 4. The van der Waals surface area contributed by atoms with Gasteiger partial charge < -0.3 is 5.32 Å². The summed E-state index contributed by atoms with van der Waals surface area (Å²) >= 11 is 9.54. The van der Waals surface area contributed by atoms with Crippen molar-refractivity contribution < 1.29 is 0 Å². The molecule has 1 N–H and O–H groups in total. The lowest BCUT2D eigenvalue weighted by Crippen LogP contribution is -2.23. The van der Waals surface area contributed by atoms with Gasteiger partial charge >= 0.3 is 0 Å². The Bertz CT molecular complexity index is 499. The molecule has 0 amide bonds. The molecule has 94 valence electrons. The number of halogens is 2. The summed E-state index contributed by atoms with van der Waals surface area (Å²) in [5.41, 5.74) is 1.95. The Balaban J connectivity index is 2.41. The van der Waals surface area contributed by atoms with Gasteiger partial charge in [-0.25, -0.2) is 0 Å². The van der Waals surface area contributed by atoms with E-state index in [0.29, 0.717) is 5.02 Å². The quantitative estimate of drug-likeness (QED) is 0.933. The fourth-order valence-corrected chi connectivity index (χ4v) is 2.69. The average molecular weight is 327 g/mol. The molecule has 1 aromatic carbocycles. The molecule has 18 heavy (non-hydrogen) atoms. The second-order valence-corrected chi connectivity index (χ2v) is 5.18. The maximum atomic E-state index is 6.09. The van der Waals surface area contributed by atoms with Crippen molar-refractivity contribution in [2.75, 3.05) is 6.54 Å². The summed E-state index contributed by atoms with van der Waals surface area (Å²) in [5.74, 6) is 0. The van der Waals surface area contributed by atoms with Crippen LogP contribution in [0.15, 0.2) is 41.3 Å². The SMILES string of the molecule is CCNC(c1cc(Cl)cc(Br)c1)c1cnccn1. The highest BCUT2D eigenvalue weighted by atomic mass is 79.9. The number of nitrogens with zero attached hydrogens (tertiary/aromatic N) is 2. The van der Waals surface area contributed by atoms with E-state index < -0.39 is 0 Å². The summed E-state index contributed by atoms with van der Waals surface area (Å²) in [6, 6.07) is 5.84. The molecule has 2 rings (SSSR count). The predicted octanol–water partition coefficient (Wildman–Crippen LogP) is 3.59. The Morgan fingerprint density at radius 3 is 2.78 bits per heavy atom. The first-order valence-electron chi connectivity index (χ1n) is 5.66. The van der Waals surface area contributed by atoms with Crippen LogP contribution in [-0.4, -0.2) is 16.5 Å². The van der Waals surface area contributed by atoms with Crippen LogP contribution in [0.2, 0.25) is 5.02 Å². The van der Waals surface area contributed by atoms with Crippen LogP contribution in [0, 0.1) is 0 Å². The normalized spacial score (nSPS) is 12.4. The highest BCUT2D eigenvalue weighted by Gasteiger charge is 2.15. The zero-order valence-corrected chi connectivity index (χ0v) is 12.2. The molecule has 0 aliphatic carbocycles. The van der Waals surface area contributed by atoms with Crippen molar-refractivity contribution in [3.8, 4) is 0 Å². The summed E-state index contributed by atoms with van der Waals surface area (Å²) in [7, 11) is 0. The minimum atomic E-state index is -0.00120. The molecule has 0 saturated carbocycles. The van der Waals surface area contributed by atoms with Crippen LogP contribution in [-0.2, 0) is 0 Å². The third-order valence-electron chi connectivity index (χ3n) is 2.51. The van der Waals surface area contributed by atoms with Gasteiger partial charge in [0.25, 0.3) is 0 Å². The van der Waals surface area contributed by atoms with Gasteiger partial charge in [0.05, 0.1) is 17.9 Å². The van der Waals surface area contributed by atoms with Crippen LogP contribution in [0.1, 0.15) is 24.2 Å².